The Kier molecular flexibility index (Phi) is 5.26. The van der Waals surface area contributed by atoms with E-state index in [1.165, 1.54) is 0 Å². The molecule has 4 rings (SSSR count). The molecule has 164 valence electrons. The standard InChI is InChI=1S/C23H27N3O5/c1-23(2,3)21-25-15-10-13(6-7-18(15)31-21)24-22(28)26-11-14-17(29-4)8-9-19(30-5)20(14)16(27)12-26/h6-10,16,27H,11-12H2,1-5H3,(H,24,28). The van der Waals surface area contributed by atoms with Gasteiger partial charge in [-0.25, -0.2) is 9.78 Å². The molecule has 1 atom stereocenters. The van der Waals surface area contributed by atoms with Crippen molar-refractivity contribution in [3.63, 3.8) is 0 Å². The number of β-amino-alcohol motifs (C(OH)–C–C–N with tert-alkyl or cyclic N) is 1. The monoisotopic (exact) mass is 425 g/mol. The Morgan fingerprint density at radius 2 is 1.90 bits per heavy atom. The van der Waals surface area contributed by atoms with E-state index in [-0.39, 0.29) is 18.0 Å². The van der Waals surface area contributed by atoms with Crippen LogP contribution < -0.4 is 14.8 Å². The predicted molar refractivity (Wildman–Crippen MR) is 117 cm³/mol. The van der Waals surface area contributed by atoms with Crippen LogP contribution in [0.1, 0.15) is 43.9 Å². The number of hydrogen-bond acceptors (Lipinski definition) is 6. The number of aliphatic hydroxyl groups is 1. The van der Waals surface area contributed by atoms with Crippen molar-refractivity contribution < 1.29 is 23.8 Å². The molecule has 2 N–H and O–H groups in total. The van der Waals surface area contributed by atoms with E-state index in [0.29, 0.717) is 46.3 Å². The Bertz CT molecular complexity index is 1130. The minimum absolute atomic E-state index is 0.142. The zero-order valence-corrected chi connectivity index (χ0v) is 18.4. The highest BCUT2D eigenvalue weighted by Gasteiger charge is 2.32. The van der Waals surface area contributed by atoms with Crippen LogP contribution in [0.25, 0.3) is 11.1 Å². The molecule has 8 heteroatoms. The summed E-state index contributed by atoms with van der Waals surface area (Å²) in [6.45, 7) is 6.53. The molecule has 1 unspecified atom stereocenters. The van der Waals surface area contributed by atoms with Crippen LogP contribution in [0.2, 0.25) is 0 Å². The second kappa shape index (κ2) is 7.77. The summed E-state index contributed by atoms with van der Waals surface area (Å²) in [5, 5.41) is 13.6. The lowest BCUT2D eigenvalue weighted by Gasteiger charge is -2.34. The third kappa shape index (κ3) is 3.90. The van der Waals surface area contributed by atoms with Gasteiger partial charge in [0, 0.05) is 22.2 Å². The van der Waals surface area contributed by atoms with E-state index in [1.807, 2.05) is 20.8 Å². The highest BCUT2D eigenvalue weighted by atomic mass is 16.5. The summed E-state index contributed by atoms with van der Waals surface area (Å²) in [4.78, 5) is 19.1. The summed E-state index contributed by atoms with van der Waals surface area (Å²) in [6, 6.07) is 8.56. The van der Waals surface area contributed by atoms with Crippen molar-refractivity contribution in [2.75, 3.05) is 26.1 Å². The van der Waals surface area contributed by atoms with E-state index >= 15 is 0 Å². The Balaban J connectivity index is 1.57. The summed E-state index contributed by atoms with van der Waals surface area (Å²) in [7, 11) is 3.12. The van der Waals surface area contributed by atoms with E-state index in [9.17, 15) is 9.90 Å². The quantitative estimate of drug-likeness (QED) is 0.652. The van der Waals surface area contributed by atoms with E-state index in [4.69, 9.17) is 13.9 Å². The van der Waals surface area contributed by atoms with E-state index in [1.54, 1.807) is 49.5 Å². The van der Waals surface area contributed by atoms with Gasteiger partial charge < -0.3 is 29.2 Å². The molecule has 0 saturated carbocycles. The number of aromatic nitrogens is 1. The number of urea groups is 1. The summed E-state index contributed by atoms with van der Waals surface area (Å²) < 4.78 is 16.6. The van der Waals surface area contributed by atoms with Crippen molar-refractivity contribution in [2.24, 2.45) is 0 Å². The maximum absolute atomic E-state index is 13.0. The Labute approximate surface area is 180 Å². The topological polar surface area (TPSA) is 97.1 Å². The fourth-order valence-corrected chi connectivity index (χ4v) is 3.76. The van der Waals surface area contributed by atoms with Gasteiger partial charge in [-0.3, -0.25) is 0 Å². The number of carbonyl (C=O) groups excluding carboxylic acids is 1. The molecule has 2 amide bonds. The van der Waals surface area contributed by atoms with Crippen molar-refractivity contribution in [1.29, 1.82) is 0 Å². The molecule has 0 radical (unpaired) electrons. The molecule has 0 aliphatic carbocycles. The third-order valence-electron chi connectivity index (χ3n) is 5.36. The van der Waals surface area contributed by atoms with Crippen LogP contribution in [-0.4, -0.2) is 41.8 Å². The number of methoxy groups -OCH3 is 2. The number of ether oxygens (including phenoxy) is 2. The number of nitrogens with one attached hydrogen (secondary N) is 1. The van der Waals surface area contributed by atoms with Gasteiger partial charge in [-0.15, -0.1) is 0 Å². The lowest BCUT2D eigenvalue weighted by atomic mass is 9.95. The van der Waals surface area contributed by atoms with Gasteiger partial charge in [0.25, 0.3) is 0 Å². The summed E-state index contributed by atoms with van der Waals surface area (Å²) in [5.41, 5.74) is 3.13. The Morgan fingerprint density at radius 1 is 1.19 bits per heavy atom. The predicted octanol–water partition coefficient (Wildman–Crippen LogP) is 4.22. The van der Waals surface area contributed by atoms with Crippen LogP contribution in [0, 0.1) is 0 Å². The van der Waals surface area contributed by atoms with Crippen LogP contribution in [-0.2, 0) is 12.0 Å². The molecule has 0 saturated heterocycles. The number of hydrogen-bond donors (Lipinski definition) is 2. The molecule has 0 fully saturated rings. The smallest absolute Gasteiger partial charge is 0.322 e. The third-order valence-corrected chi connectivity index (χ3v) is 5.36. The normalized spacial score (nSPS) is 16.2. The second-order valence-electron chi connectivity index (χ2n) is 8.64. The highest BCUT2D eigenvalue weighted by molar-refractivity contribution is 5.92. The molecule has 0 bridgehead atoms. The molecular weight excluding hydrogens is 398 g/mol. The summed E-state index contributed by atoms with van der Waals surface area (Å²) in [5.74, 6) is 1.82. The van der Waals surface area contributed by atoms with Gasteiger partial charge in [0.05, 0.1) is 27.3 Å². The van der Waals surface area contributed by atoms with E-state index < -0.39 is 6.10 Å². The fraction of sp³-hybridized carbons (Fsp3) is 0.391. The molecule has 0 spiro atoms. The molecule has 1 aromatic heterocycles. The van der Waals surface area contributed by atoms with Crippen molar-refractivity contribution in [2.45, 2.75) is 38.8 Å². The van der Waals surface area contributed by atoms with Crippen molar-refractivity contribution >= 4 is 22.8 Å². The first kappa shape index (κ1) is 21.0. The van der Waals surface area contributed by atoms with Crippen LogP contribution >= 0.6 is 0 Å². The number of fused-ring (bicyclic) bond motifs is 2. The maximum Gasteiger partial charge on any atom is 0.322 e. The number of amides is 2. The molecular formula is C23H27N3O5. The lowest BCUT2D eigenvalue weighted by molar-refractivity contribution is 0.105. The zero-order valence-electron chi connectivity index (χ0n) is 18.4. The molecule has 1 aliphatic rings. The summed E-state index contributed by atoms with van der Waals surface area (Å²) >= 11 is 0. The van der Waals surface area contributed by atoms with Gasteiger partial charge in [0.2, 0.25) is 5.89 Å². The van der Waals surface area contributed by atoms with Crippen molar-refractivity contribution in [3.05, 3.63) is 47.3 Å². The van der Waals surface area contributed by atoms with Crippen LogP contribution in [0.15, 0.2) is 34.7 Å². The van der Waals surface area contributed by atoms with Crippen molar-refractivity contribution in [3.8, 4) is 11.5 Å². The first-order valence-corrected chi connectivity index (χ1v) is 10.1. The number of carbonyl (C=O) groups is 1. The largest absolute Gasteiger partial charge is 0.496 e. The van der Waals surface area contributed by atoms with Gasteiger partial charge in [-0.2, -0.15) is 0 Å². The number of nitrogens with zero attached hydrogens (tertiary/aromatic N) is 2. The van der Waals surface area contributed by atoms with E-state index in [0.717, 1.165) is 5.56 Å². The maximum atomic E-state index is 13.0. The molecule has 1 aliphatic heterocycles. The minimum Gasteiger partial charge on any atom is -0.496 e. The number of oxazole rings is 1. The number of anilines is 1. The van der Waals surface area contributed by atoms with Crippen molar-refractivity contribution in [1.82, 2.24) is 9.88 Å². The average molecular weight is 425 g/mol. The Morgan fingerprint density at radius 3 is 2.58 bits per heavy atom. The van der Waals surface area contributed by atoms with E-state index in [2.05, 4.69) is 10.3 Å². The minimum atomic E-state index is -0.882. The highest BCUT2D eigenvalue weighted by Crippen LogP contribution is 2.39. The SMILES string of the molecule is COc1ccc(OC)c2c1CN(C(=O)Nc1ccc3oc(C(C)(C)C)nc3c1)CC2O. The fourth-order valence-electron chi connectivity index (χ4n) is 3.76. The molecule has 2 aromatic carbocycles. The average Bonchev–Trinajstić information content (AvgIpc) is 3.16. The van der Waals surface area contributed by atoms with Crippen LogP contribution in [0.3, 0.4) is 0 Å². The molecule has 3 aromatic rings. The second-order valence-corrected chi connectivity index (χ2v) is 8.64. The van der Waals surface area contributed by atoms with Gasteiger partial charge in [0.1, 0.15) is 23.1 Å². The van der Waals surface area contributed by atoms with Gasteiger partial charge in [-0.1, -0.05) is 20.8 Å². The molecule has 8 nitrogen and oxygen atoms in total. The van der Waals surface area contributed by atoms with Gasteiger partial charge >= 0.3 is 6.03 Å². The summed E-state index contributed by atoms with van der Waals surface area (Å²) in [6.07, 6.45) is -0.882. The van der Waals surface area contributed by atoms with Crippen LogP contribution in [0.5, 0.6) is 11.5 Å². The Hall–Kier alpha value is -3.26. The number of benzene rings is 2. The molecule has 31 heavy (non-hydrogen) atoms. The van der Waals surface area contributed by atoms with Crippen LogP contribution in [0.4, 0.5) is 10.5 Å². The van der Waals surface area contributed by atoms with Gasteiger partial charge in [0.15, 0.2) is 5.58 Å². The molecule has 2 heterocycles. The van der Waals surface area contributed by atoms with Gasteiger partial charge in [-0.05, 0) is 30.3 Å². The zero-order chi connectivity index (χ0) is 22.3. The first-order chi connectivity index (χ1) is 14.7. The number of rotatable bonds is 3. The number of aliphatic hydroxyl groups excluding tert-OH is 1. The lowest BCUT2D eigenvalue weighted by Crippen LogP contribution is -2.41. The first-order valence-electron chi connectivity index (χ1n) is 10.1.